The van der Waals surface area contributed by atoms with E-state index >= 15 is 0 Å². The summed E-state index contributed by atoms with van der Waals surface area (Å²) in [5.74, 6) is 0.592. The Morgan fingerprint density at radius 3 is 2.65 bits per heavy atom. The van der Waals surface area contributed by atoms with Gasteiger partial charge in [0.15, 0.2) is 0 Å². The minimum Gasteiger partial charge on any atom is -0.309 e. The molecule has 0 saturated heterocycles. The van der Waals surface area contributed by atoms with Crippen LogP contribution in [0.3, 0.4) is 0 Å². The van der Waals surface area contributed by atoms with Gasteiger partial charge in [0, 0.05) is 17.4 Å². The molecule has 0 fully saturated rings. The van der Waals surface area contributed by atoms with Crippen molar-refractivity contribution in [2.24, 2.45) is 0 Å². The van der Waals surface area contributed by atoms with E-state index in [1.165, 1.54) is 12.1 Å². The molecule has 96 valence electrons. The van der Waals surface area contributed by atoms with Crippen LogP contribution in [0.2, 0.25) is 0 Å². The van der Waals surface area contributed by atoms with E-state index in [2.05, 4.69) is 21.2 Å². The molecule has 0 heterocycles. The Morgan fingerprint density at radius 2 is 2.06 bits per heavy atom. The Bertz CT molecular complexity index is 374. The van der Waals surface area contributed by atoms with Gasteiger partial charge >= 0.3 is 0 Å². The second kappa shape index (κ2) is 7.34. The molecule has 1 rings (SSSR count). The topological polar surface area (TPSA) is 12.0 Å². The average molecular weight is 324 g/mol. The van der Waals surface area contributed by atoms with E-state index in [9.17, 15) is 8.78 Å². The van der Waals surface area contributed by atoms with Crippen molar-refractivity contribution in [3.63, 3.8) is 0 Å². The molecule has 0 spiro atoms. The Hall–Kier alpha value is -0.130. The molecule has 0 radical (unpaired) electrons. The molecule has 0 saturated carbocycles. The van der Waals surface area contributed by atoms with Crippen LogP contribution in [-0.2, 0) is 0 Å². The third kappa shape index (κ3) is 3.93. The highest BCUT2D eigenvalue weighted by Gasteiger charge is 2.21. The van der Waals surface area contributed by atoms with Crippen LogP contribution >= 0.6 is 27.7 Å². The molecule has 17 heavy (non-hydrogen) atoms. The third-order valence-electron chi connectivity index (χ3n) is 2.37. The number of thioether (sulfide) groups is 1. The maximum atomic E-state index is 13.9. The van der Waals surface area contributed by atoms with Gasteiger partial charge in [0.05, 0.1) is 4.47 Å². The lowest BCUT2D eigenvalue weighted by atomic mass is 10.1. The first-order valence-electron chi connectivity index (χ1n) is 5.56. The first-order valence-corrected chi connectivity index (χ1v) is 7.51. The second-order valence-electron chi connectivity index (χ2n) is 3.53. The Labute approximate surface area is 113 Å². The highest BCUT2D eigenvalue weighted by molar-refractivity contribution is 9.10. The minimum absolute atomic E-state index is 0.127. The van der Waals surface area contributed by atoms with Crippen molar-refractivity contribution in [1.29, 1.82) is 0 Å². The number of nitrogens with one attached hydrogen (secondary N) is 1. The standard InChI is InChI=1S/C12H16BrF2NS/c1-3-16-10(7-17-4-2)11-9(14)6-5-8(13)12(11)15/h5-6,10,16H,3-4,7H2,1-2H3. The number of rotatable bonds is 6. The zero-order valence-electron chi connectivity index (χ0n) is 9.90. The van der Waals surface area contributed by atoms with E-state index in [1.54, 1.807) is 11.8 Å². The average Bonchev–Trinajstić information content (AvgIpc) is 2.31. The fourth-order valence-electron chi connectivity index (χ4n) is 1.59. The number of hydrogen-bond acceptors (Lipinski definition) is 2. The molecule has 0 aromatic heterocycles. The summed E-state index contributed by atoms with van der Waals surface area (Å²) < 4.78 is 28.0. The van der Waals surface area contributed by atoms with Crippen molar-refractivity contribution in [2.45, 2.75) is 19.9 Å². The molecule has 0 amide bonds. The number of halogens is 3. The quantitative estimate of drug-likeness (QED) is 0.790. The van der Waals surface area contributed by atoms with Crippen molar-refractivity contribution in [1.82, 2.24) is 5.32 Å². The van der Waals surface area contributed by atoms with Crippen LogP contribution in [0.5, 0.6) is 0 Å². The fraction of sp³-hybridized carbons (Fsp3) is 0.500. The molecule has 1 unspecified atom stereocenters. The predicted octanol–water partition coefficient (Wildman–Crippen LogP) is 4.13. The van der Waals surface area contributed by atoms with Gasteiger partial charge in [-0.3, -0.25) is 0 Å². The van der Waals surface area contributed by atoms with Crippen molar-refractivity contribution < 1.29 is 8.78 Å². The largest absolute Gasteiger partial charge is 0.309 e. The summed E-state index contributed by atoms with van der Waals surface area (Å²) >= 11 is 4.75. The third-order valence-corrected chi connectivity index (χ3v) is 3.96. The van der Waals surface area contributed by atoms with Gasteiger partial charge < -0.3 is 5.32 Å². The molecule has 1 atom stereocenters. The summed E-state index contributed by atoms with van der Waals surface area (Å²) in [6, 6.07) is 2.40. The first kappa shape index (κ1) is 14.9. The molecule has 5 heteroatoms. The van der Waals surface area contributed by atoms with E-state index in [-0.39, 0.29) is 11.6 Å². The zero-order valence-corrected chi connectivity index (χ0v) is 12.3. The van der Waals surface area contributed by atoms with Crippen LogP contribution in [0.4, 0.5) is 8.78 Å². The van der Waals surface area contributed by atoms with Crippen LogP contribution in [0.15, 0.2) is 16.6 Å². The molecule has 0 aliphatic rings. The lowest BCUT2D eigenvalue weighted by molar-refractivity contribution is 0.497. The molecular formula is C12H16BrF2NS. The Kier molecular flexibility index (Phi) is 6.44. The summed E-state index contributed by atoms with van der Waals surface area (Å²) in [4.78, 5) is 0. The summed E-state index contributed by atoms with van der Waals surface area (Å²) in [5, 5.41) is 3.12. The molecule has 0 bridgehead atoms. The van der Waals surface area contributed by atoms with E-state index in [0.717, 1.165) is 5.75 Å². The van der Waals surface area contributed by atoms with Gasteiger partial charge in [0.25, 0.3) is 0 Å². The molecule has 0 aliphatic carbocycles. The molecular weight excluding hydrogens is 308 g/mol. The van der Waals surface area contributed by atoms with Gasteiger partial charge in [-0.25, -0.2) is 8.78 Å². The van der Waals surface area contributed by atoms with Gasteiger partial charge in [-0.2, -0.15) is 11.8 Å². The SMILES string of the molecule is CCNC(CSCC)c1c(F)ccc(Br)c1F. The Morgan fingerprint density at radius 1 is 1.35 bits per heavy atom. The van der Waals surface area contributed by atoms with E-state index in [4.69, 9.17) is 0 Å². The molecule has 1 N–H and O–H groups in total. The summed E-state index contributed by atoms with van der Waals surface area (Å²) in [6.07, 6.45) is 0. The second-order valence-corrected chi connectivity index (χ2v) is 5.70. The normalized spacial score (nSPS) is 12.8. The van der Waals surface area contributed by atoms with Gasteiger partial charge in [-0.05, 0) is 40.4 Å². The molecule has 1 aromatic carbocycles. The highest BCUT2D eigenvalue weighted by atomic mass is 79.9. The summed E-state index contributed by atoms with van der Waals surface area (Å²) in [6.45, 7) is 4.64. The maximum absolute atomic E-state index is 13.9. The van der Waals surface area contributed by atoms with E-state index in [0.29, 0.717) is 16.8 Å². The lowest BCUT2D eigenvalue weighted by Gasteiger charge is -2.19. The first-order chi connectivity index (χ1) is 8.11. The summed E-state index contributed by atoms with van der Waals surface area (Å²) in [7, 11) is 0. The van der Waals surface area contributed by atoms with Crippen molar-refractivity contribution in [2.75, 3.05) is 18.1 Å². The van der Waals surface area contributed by atoms with E-state index in [1.807, 2.05) is 13.8 Å². The predicted molar refractivity (Wildman–Crippen MR) is 73.5 cm³/mol. The lowest BCUT2D eigenvalue weighted by Crippen LogP contribution is -2.25. The van der Waals surface area contributed by atoms with E-state index < -0.39 is 11.6 Å². The Balaban J connectivity index is 3.03. The molecule has 1 aromatic rings. The highest BCUT2D eigenvalue weighted by Crippen LogP contribution is 2.28. The fourth-order valence-corrected chi connectivity index (χ4v) is 2.69. The van der Waals surface area contributed by atoms with Crippen molar-refractivity contribution in [3.05, 3.63) is 33.8 Å². The van der Waals surface area contributed by atoms with Crippen molar-refractivity contribution >= 4 is 27.7 Å². The number of hydrogen-bond donors (Lipinski definition) is 1. The smallest absolute Gasteiger partial charge is 0.145 e. The van der Waals surface area contributed by atoms with Crippen LogP contribution < -0.4 is 5.32 Å². The molecule has 0 aliphatic heterocycles. The maximum Gasteiger partial charge on any atom is 0.145 e. The minimum atomic E-state index is -0.507. The van der Waals surface area contributed by atoms with Gasteiger partial charge in [0.2, 0.25) is 0 Å². The zero-order chi connectivity index (χ0) is 12.8. The number of benzene rings is 1. The van der Waals surface area contributed by atoms with Crippen LogP contribution in [0.25, 0.3) is 0 Å². The van der Waals surface area contributed by atoms with Gasteiger partial charge in [-0.1, -0.05) is 13.8 Å². The van der Waals surface area contributed by atoms with Crippen LogP contribution in [0.1, 0.15) is 25.5 Å². The van der Waals surface area contributed by atoms with Gasteiger partial charge in [-0.15, -0.1) is 0 Å². The van der Waals surface area contributed by atoms with Crippen LogP contribution in [0, 0.1) is 11.6 Å². The van der Waals surface area contributed by atoms with Gasteiger partial charge in [0.1, 0.15) is 11.6 Å². The monoisotopic (exact) mass is 323 g/mol. The summed E-state index contributed by atoms with van der Waals surface area (Å²) in [5.41, 5.74) is 0.127. The van der Waals surface area contributed by atoms with Crippen molar-refractivity contribution in [3.8, 4) is 0 Å². The van der Waals surface area contributed by atoms with Crippen LogP contribution in [-0.4, -0.2) is 18.1 Å². The molecule has 1 nitrogen and oxygen atoms in total.